The minimum atomic E-state index is 0.0556. The van der Waals surface area contributed by atoms with E-state index in [-0.39, 0.29) is 17.9 Å². The molecule has 1 amide bonds. The van der Waals surface area contributed by atoms with Gasteiger partial charge in [0.25, 0.3) is 0 Å². The second-order valence-electron chi connectivity index (χ2n) is 7.52. The summed E-state index contributed by atoms with van der Waals surface area (Å²) in [5, 5.41) is 4.12. The van der Waals surface area contributed by atoms with Crippen molar-refractivity contribution in [3.05, 3.63) is 35.7 Å². The number of piperidine rings is 1. The second kappa shape index (κ2) is 7.78. The maximum Gasteiger partial charge on any atom is 0.241 e. The predicted octanol–water partition coefficient (Wildman–Crippen LogP) is 2.11. The molecule has 3 saturated heterocycles. The van der Waals surface area contributed by atoms with Crippen molar-refractivity contribution in [2.75, 3.05) is 33.4 Å². The molecule has 3 aliphatic heterocycles. The van der Waals surface area contributed by atoms with Crippen LogP contribution in [0.4, 0.5) is 0 Å². The third-order valence-electron chi connectivity index (χ3n) is 5.54. The molecule has 2 bridgehead atoms. The van der Waals surface area contributed by atoms with E-state index in [0.29, 0.717) is 31.4 Å². The Balaban J connectivity index is 1.44. The Kier molecular flexibility index (Phi) is 5.22. The van der Waals surface area contributed by atoms with E-state index in [9.17, 15) is 4.79 Å². The lowest BCUT2D eigenvalue weighted by Crippen LogP contribution is -2.49. The summed E-state index contributed by atoms with van der Waals surface area (Å²) in [6, 6.07) is 8.33. The van der Waals surface area contributed by atoms with Crippen molar-refractivity contribution >= 4 is 5.91 Å². The molecule has 0 saturated carbocycles. The maximum absolute atomic E-state index is 12.7. The number of benzene rings is 1. The van der Waals surface area contributed by atoms with Gasteiger partial charge < -0.3 is 14.2 Å². The van der Waals surface area contributed by atoms with E-state index in [2.05, 4.69) is 22.0 Å². The zero-order chi connectivity index (χ0) is 18.8. The van der Waals surface area contributed by atoms with E-state index >= 15 is 0 Å². The van der Waals surface area contributed by atoms with E-state index in [1.54, 1.807) is 7.11 Å². The first-order chi connectivity index (χ1) is 13.1. The summed E-state index contributed by atoms with van der Waals surface area (Å²) in [5.41, 5.74) is 2.15. The van der Waals surface area contributed by atoms with Crippen molar-refractivity contribution in [1.82, 2.24) is 19.9 Å². The van der Waals surface area contributed by atoms with Gasteiger partial charge in [-0.05, 0) is 19.8 Å². The average molecular weight is 370 g/mol. The molecular weight excluding hydrogens is 344 g/mol. The Bertz CT molecular complexity index is 789. The summed E-state index contributed by atoms with van der Waals surface area (Å²) >= 11 is 0. The number of fused-ring (bicyclic) bond motifs is 4. The van der Waals surface area contributed by atoms with Crippen LogP contribution in [0.5, 0.6) is 0 Å². The third kappa shape index (κ3) is 3.89. The Hall–Kier alpha value is -2.25. The van der Waals surface area contributed by atoms with Crippen LogP contribution in [0.1, 0.15) is 24.3 Å². The fourth-order valence-corrected chi connectivity index (χ4v) is 4.07. The Labute approximate surface area is 159 Å². The van der Waals surface area contributed by atoms with E-state index in [1.165, 1.54) is 5.56 Å². The van der Waals surface area contributed by atoms with E-state index in [0.717, 1.165) is 31.5 Å². The van der Waals surface area contributed by atoms with Gasteiger partial charge in [-0.15, -0.1) is 0 Å². The van der Waals surface area contributed by atoms with Crippen LogP contribution < -0.4 is 0 Å². The number of hydrogen-bond acceptors (Lipinski definition) is 6. The lowest BCUT2D eigenvalue weighted by Gasteiger charge is -2.35. The molecule has 5 rings (SSSR count). The molecule has 0 radical (unpaired) electrons. The lowest BCUT2D eigenvalue weighted by molar-refractivity contribution is -0.140. The Morgan fingerprint density at radius 3 is 2.81 bits per heavy atom. The molecule has 4 heterocycles. The van der Waals surface area contributed by atoms with Gasteiger partial charge in [0.2, 0.25) is 17.6 Å². The molecule has 1 aromatic carbocycles. The molecule has 144 valence electrons. The number of nitrogens with zero attached hydrogens (tertiary/aromatic N) is 4. The van der Waals surface area contributed by atoms with E-state index in [1.807, 2.05) is 29.2 Å². The van der Waals surface area contributed by atoms with Crippen LogP contribution in [0.25, 0.3) is 11.4 Å². The molecule has 3 aliphatic rings. The first-order valence-corrected chi connectivity index (χ1v) is 9.55. The van der Waals surface area contributed by atoms with Crippen LogP contribution in [0.15, 0.2) is 28.8 Å². The number of aryl methyl sites for hydroxylation is 1. The summed E-state index contributed by atoms with van der Waals surface area (Å²) in [7, 11) is 1.67. The fourth-order valence-electron chi connectivity index (χ4n) is 4.07. The van der Waals surface area contributed by atoms with Crippen LogP contribution in [0.3, 0.4) is 0 Å². The monoisotopic (exact) mass is 370 g/mol. The Morgan fingerprint density at radius 1 is 1.22 bits per heavy atom. The van der Waals surface area contributed by atoms with Gasteiger partial charge in [-0.2, -0.15) is 4.98 Å². The molecule has 2 aromatic rings. The summed E-state index contributed by atoms with van der Waals surface area (Å²) in [4.78, 5) is 21.6. The number of amides is 1. The number of carbonyl (C=O) groups is 1. The molecule has 2 unspecified atom stereocenters. The Morgan fingerprint density at radius 2 is 2.04 bits per heavy atom. The smallest absolute Gasteiger partial charge is 0.241 e. The lowest BCUT2D eigenvalue weighted by atomic mass is 9.94. The zero-order valence-electron chi connectivity index (χ0n) is 15.9. The molecule has 0 N–H and O–H groups in total. The molecule has 0 aliphatic carbocycles. The van der Waals surface area contributed by atoms with Crippen molar-refractivity contribution in [1.29, 1.82) is 0 Å². The minimum absolute atomic E-state index is 0.0556. The summed E-state index contributed by atoms with van der Waals surface area (Å²) in [6.07, 6.45) is 2.01. The van der Waals surface area contributed by atoms with Gasteiger partial charge in [0.15, 0.2) is 0 Å². The number of carbonyl (C=O) groups excluding carboxylic acids is 1. The predicted molar refractivity (Wildman–Crippen MR) is 99.8 cm³/mol. The van der Waals surface area contributed by atoms with Crippen molar-refractivity contribution in [2.45, 2.75) is 32.4 Å². The van der Waals surface area contributed by atoms with E-state index in [4.69, 9.17) is 9.26 Å². The molecule has 1 aromatic heterocycles. The summed E-state index contributed by atoms with van der Waals surface area (Å²) < 4.78 is 10.7. The van der Waals surface area contributed by atoms with Gasteiger partial charge in [0, 0.05) is 38.3 Å². The zero-order valence-corrected chi connectivity index (χ0v) is 15.9. The fraction of sp³-hybridized carbons (Fsp3) is 0.550. The first kappa shape index (κ1) is 18.1. The summed E-state index contributed by atoms with van der Waals surface area (Å²) in [6.45, 7) is 5.48. The highest BCUT2D eigenvalue weighted by Gasteiger charge is 2.40. The van der Waals surface area contributed by atoms with Gasteiger partial charge in [-0.25, -0.2) is 0 Å². The molecule has 2 atom stereocenters. The van der Waals surface area contributed by atoms with Gasteiger partial charge in [0.05, 0.1) is 19.1 Å². The van der Waals surface area contributed by atoms with Crippen LogP contribution in [-0.4, -0.2) is 65.2 Å². The largest absolute Gasteiger partial charge is 0.383 e. The topological polar surface area (TPSA) is 71.7 Å². The highest BCUT2D eigenvalue weighted by atomic mass is 16.5. The van der Waals surface area contributed by atoms with Crippen molar-refractivity contribution in [3.63, 3.8) is 0 Å². The standard InChI is InChI=1S/C20H26N4O3/c1-14-3-5-15(6-4-14)19-21-18(27-22-19)13-23-11-16-7-8-17(12-23)24(20(16)25)9-10-26-2/h3-6,16-17H,7-13H2,1-2H3. The minimum Gasteiger partial charge on any atom is -0.383 e. The molecule has 7 heteroatoms. The number of ether oxygens (including phenoxy) is 1. The van der Waals surface area contributed by atoms with Gasteiger partial charge >= 0.3 is 0 Å². The normalized spacial score (nSPS) is 23.0. The molecule has 3 fully saturated rings. The first-order valence-electron chi connectivity index (χ1n) is 9.55. The van der Waals surface area contributed by atoms with Gasteiger partial charge in [-0.1, -0.05) is 35.0 Å². The molecular formula is C20H26N4O3. The third-order valence-corrected chi connectivity index (χ3v) is 5.54. The average Bonchev–Trinajstić information content (AvgIpc) is 2.97. The van der Waals surface area contributed by atoms with Crippen molar-refractivity contribution < 1.29 is 14.1 Å². The van der Waals surface area contributed by atoms with Crippen LogP contribution in [0, 0.1) is 12.8 Å². The SMILES string of the molecule is COCCN1C(=O)C2CCC1CN(Cc1nc(-c3ccc(C)cc3)no1)C2. The van der Waals surface area contributed by atoms with Gasteiger partial charge in [-0.3, -0.25) is 9.69 Å². The maximum atomic E-state index is 12.7. The molecule has 0 spiro atoms. The quantitative estimate of drug-likeness (QED) is 0.776. The number of aromatic nitrogens is 2. The second-order valence-corrected chi connectivity index (χ2v) is 7.52. The number of methoxy groups -OCH3 is 1. The molecule has 27 heavy (non-hydrogen) atoms. The highest BCUT2D eigenvalue weighted by molar-refractivity contribution is 5.80. The number of hydrogen-bond donors (Lipinski definition) is 0. The van der Waals surface area contributed by atoms with Crippen LogP contribution in [-0.2, 0) is 16.1 Å². The number of rotatable bonds is 6. The van der Waals surface area contributed by atoms with Crippen molar-refractivity contribution in [3.8, 4) is 11.4 Å². The van der Waals surface area contributed by atoms with E-state index < -0.39 is 0 Å². The van der Waals surface area contributed by atoms with Crippen molar-refractivity contribution in [2.24, 2.45) is 5.92 Å². The van der Waals surface area contributed by atoms with Crippen LogP contribution >= 0.6 is 0 Å². The van der Waals surface area contributed by atoms with Gasteiger partial charge in [0.1, 0.15) is 0 Å². The summed E-state index contributed by atoms with van der Waals surface area (Å²) in [5.74, 6) is 1.53. The molecule has 7 nitrogen and oxygen atoms in total. The van der Waals surface area contributed by atoms with Crippen LogP contribution in [0.2, 0.25) is 0 Å². The highest BCUT2D eigenvalue weighted by Crippen LogP contribution is 2.29.